The summed E-state index contributed by atoms with van der Waals surface area (Å²) in [5.41, 5.74) is 8.47. The van der Waals surface area contributed by atoms with Crippen LogP contribution in [-0.4, -0.2) is 9.55 Å². The molecule has 0 amide bonds. The van der Waals surface area contributed by atoms with Crippen LogP contribution in [-0.2, 0) is 13.0 Å². The van der Waals surface area contributed by atoms with Crippen LogP contribution in [0.4, 0.5) is 5.69 Å². The average Bonchev–Trinajstić information content (AvgIpc) is 2.68. The van der Waals surface area contributed by atoms with Crippen LogP contribution in [0.3, 0.4) is 0 Å². The zero-order valence-corrected chi connectivity index (χ0v) is 8.38. The van der Waals surface area contributed by atoms with Gasteiger partial charge in [-0.15, -0.1) is 0 Å². The lowest BCUT2D eigenvalue weighted by molar-refractivity contribution is 0.771. The third-order valence-electron chi connectivity index (χ3n) is 2.73. The molecule has 4 heteroatoms. The normalized spacial score (nSPS) is 14.9. The van der Waals surface area contributed by atoms with E-state index in [-0.39, 0.29) is 0 Å². The lowest BCUT2D eigenvalue weighted by Crippen LogP contribution is -1.93. The number of nitrogen functional groups attached to an aromatic ring is 1. The van der Waals surface area contributed by atoms with Crippen molar-refractivity contribution in [3.05, 3.63) is 23.0 Å². The molecule has 0 fully saturated rings. The lowest BCUT2D eigenvalue weighted by atomic mass is 10.2. The van der Waals surface area contributed by atoms with Crippen LogP contribution in [0.5, 0.6) is 0 Å². The molecule has 0 bridgehead atoms. The summed E-state index contributed by atoms with van der Waals surface area (Å²) < 4.78 is 2.22. The van der Waals surface area contributed by atoms with Gasteiger partial charge in [0.2, 0.25) is 0 Å². The molecule has 72 valence electrons. The number of aromatic nitrogens is 2. The molecular weight excluding hydrogens is 198 g/mol. The quantitative estimate of drug-likeness (QED) is 0.674. The van der Waals surface area contributed by atoms with Crippen molar-refractivity contribution >= 4 is 28.3 Å². The van der Waals surface area contributed by atoms with Crippen LogP contribution in [0.1, 0.15) is 12.2 Å². The van der Waals surface area contributed by atoms with Crippen molar-refractivity contribution in [2.24, 2.45) is 0 Å². The zero-order valence-electron chi connectivity index (χ0n) is 7.63. The van der Waals surface area contributed by atoms with Gasteiger partial charge < -0.3 is 10.3 Å². The molecule has 0 atom stereocenters. The summed E-state index contributed by atoms with van der Waals surface area (Å²) in [6, 6.07) is 3.76. The first-order valence-corrected chi connectivity index (χ1v) is 5.07. The second-order valence-electron chi connectivity index (χ2n) is 3.65. The number of hydrogen-bond acceptors (Lipinski definition) is 2. The first-order valence-electron chi connectivity index (χ1n) is 4.70. The Morgan fingerprint density at radius 1 is 1.43 bits per heavy atom. The highest BCUT2D eigenvalue weighted by Crippen LogP contribution is 2.28. The first-order chi connectivity index (χ1) is 6.75. The van der Waals surface area contributed by atoms with E-state index in [2.05, 4.69) is 9.55 Å². The van der Waals surface area contributed by atoms with Crippen molar-refractivity contribution in [2.75, 3.05) is 5.73 Å². The van der Waals surface area contributed by atoms with Crippen LogP contribution in [0.2, 0.25) is 5.02 Å². The zero-order chi connectivity index (χ0) is 9.71. The molecule has 0 unspecified atom stereocenters. The maximum atomic E-state index is 5.94. The van der Waals surface area contributed by atoms with Gasteiger partial charge in [0.15, 0.2) is 0 Å². The van der Waals surface area contributed by atoms with Gasteiger partial charge in [-0.25, -0.2) is 4.98 Å². The standard InChI is InChI=1S/C10H10ClN3/c11-6-4-8-9(5-7(6)12)14-3-1-2-10(14)13-8/h4-5H,1-3,12H2. The fourth-order valence-electron chi connectivity index (χ4n) is 2.05. The minimum absolute atomic E-state index is 0.592. The molecule has 2 heterocycles. The van der Waals surface area contributed by atoms with E-state index in [1.165, 1.54) is 6.42 Å². The first kappa shape index (κ1) is 8.12. The SMILES string of the molecule is Nc1cc2c(cc1Cl)nc1n2CCC1. The smallest absolute Gasteiger partial charge is 0.109 e. The molecule has 0 aliphatic carbocycles. The maximum Gasteiger partial charge on any atom is 0.109 e. The number of hydrogen-bond donors (Lipinski definition) is 1. The van der Waals surface area contributed by atoms with E-state index >= 15 is 0 Å². The molecule has 3 nitrogen and oxygen atoms in total. The van der Waals surface area contributed by atoms with Crippen LogP contribution in [0, 0.1) is 0 Å². The Bertz CT molecular complexity index is 516. The van der Waals surface area contributed by atoms with Gasteiger partial charge in [0.25, 0.3) is 0 Å². The number of benzene rings is 1. The Hall–Kier alpha value is -1.22. The number of nitrogens with two attached hydrogens (primary N) is 1. The van der Waals surface area contributed by atoms with Gasteiger partial charge in [-0.3, -0.25) is 0 Å². The molecule has 0 saturated heterocycles. The average molecular weight is 208 g/mol. The molecule has 1 aromatic heterocycles. The fraction of sp³-hybridized carbons (Fsp3) is 0.300. The summed E-state index contributed by atoms with van der Waals surface area (Å²) in [6.07, 6.45) is 2.24. The summed E-state index contributed by atoms with van der Waals surface area (Å²) in [6.45, 7) is 1.05. The van der Waals surface area contributed by atoms with Crippen molar-refractivity contribution in [1.82, 2.24) is 9.55 Å². The molecular formula is C10H10ClN3. The van der Waals surface area contributed by atoms with E-state index in [1.807, 2.05) is 12.1 Å². The molecule has 2 aromatic rings. The Morgan fingerprint density at radius 3 is 3.14 bits per heavy atom. The maximum absolute atomic E-state index is 5.94. The Balaban J connectivity index is 2.39. The number of nitrogens with zero attached hydrogens (tertiary/aromatic N) is 2. The summed E-state index contributed by atoms with van der Waals surface area (Å²) in [7, 11) is 0. The number of halogens is 1. The highest BCUT2D eigenvalue weighted by molar-refractivity contribution is 6.33. The third kappa shape index (κ3) is 0.960. The Morgan fingerprint density at radius 2 is 2.29 bits per heavy atom. The summed E-state index contributed by atoms with van der Waals surface area (Å²) in [4.78, 5) is 4.52. The van der Waals surface area contributed by atoms with E-state index in [1.54, 1.807) is 0 Å². The molecule has 1 aliphatic heterocycles. The summed E-state index contributed by atoms with van der Waals surface area (Å²) in [5.74, 6) is 1.15. The predicted molar refractivity (Wildman–Crippen MR) is 57.5 cm³/mol. The van der Waals surface area contributed by atoms with Crippen molar-refractivity contribution in [1.29, 1.82) is 0 Å². The third-order valence-corrected chi connectivity index (χ3v) is 3.06. The van der Waals surface area contributed by atoms with E-state index in [0.29, 0.717) is 10.7 Å². The highest BCUT2D eigenvalue weighted by Gasteiger charge is 2.16. The van der Waals surface area contributed by atoms with Gasteiger partial charge in [0, 0.05) is 13.0 Å². The van der Waals surface area contributed by atoms with Crippen molar-refractivity contribution in [3.63, 3.8) is 0 Å². The number of aryl methyl sites for hydroxylation is 2. The molecule has 1 aliphatic rings. The highest BCUT2D eigenvalue weighted by atomic mass is 35.5. The van der Waals surface area contributed by atoms with Crippen LogP contribution >= 0.6 is 11.6 Å². The van der Waals surface area contributed by atoms with Crippen molar-refractivity contribution in [2.45, 2.75) is 19.4 Å². The largest absolute Gasteiger partial charge is 0.397 e. The van der Waals surface area contributed by atoms with E-state index in [9.17, 15) is 0 Å². The second kappa shape index (κ2) is 2.64. The minimum Gasteiger partial charge on any atom is -0.397 e. The Kier molecular flexibility index (Phi) is 1.53. The molecule has 14 heavy (non-hydrogen) atoms. The molecule has 1 aromatic carbocycles. The van der Waals surface area contributed by atoms with Gasteiger partial charge in [0.05, 0.1) is 21.7 Å². The van der Waals surface area contributed by atoms with Crippen LogP contribution in [0.25, 0.3) is 11.0 Å². The van der Waals surface area contributed by atoms with Gasteiger partial charge in [0.1, 0.15) is 5.82 Å². The summed E-state index contributed by atoms with van der Waals surface area (Å²) in [5, 5.41) is 0.592. The van der Waals surface area contributed by atoms with E-state index in [4.69, 9.17) is 17.3 Å². The van der Waals surface area contributed by atoms with Gasteiger partial charge in [-0.05, 0) is 18.6 Å². The molecule has 0 saturated carbocycles. The number of rotatable bonds is 0. The van der Waals surface area contributed by atoms with Gasteiger partial charge in [-0.2, -0.15) is 0 Å². The Labute approximate surface area is 86.5 Å². The monoisotopic (exact) mass is 207 g/mol. The topological polar surface area (TPSA) is 43.8 Å². The van der Waals surface area contributed by atoms with E-state index < -0.39 is 0 Å². The van der Waals surface area contributed by atoms with Crippen LogP contribution in [0.15, 0.2) is 12.1 Å². The van der Waals surface area contributed by atoms with Gasteiger partial charge in [-0.1, -0.05) is 11.6 Å². The van der Waals surface area contributed by atoms with E-state index in [0.717, 1.165) is 29.8 Å². The lowest BCUT2D eigenvalue weighted by Gasteiger charge is -2.00. The fourth-order valence-corrected chi connectivity index (χ4v) is 2.21. The molecule has 2 N–H and O–H groups in total. The second-order valence-corrected chi connectivity index (χ2v) is 4.05. The minimum atomic E-state index is 0.592. The molecule has 0 radical (unpaired) electrons. The number of fused-ring (bicyclic) bond motifs is 3. The number of anilines is 1. The molecule has 0 spiro atoms. The number of imidazole rings is 1. The van der Waals surface area contributed by atoms with Crippen molar-refractivity contribution in [3.8, 4) is 0 Å². The predicted octanol–water partition coefficient (Wildman–Crippen LogP) is 2.22. The summed E-state index contributed by atoms with van der Waals surface area (Å²) >= 11 is 5.94. The molecule has 3 rings (SSSR count). The van der Waals surface area contributed by atoms with Crippen molar-refractivity contribution < 1.29 is 0 Å². The van der Waals surface area contributed by atoms with Crippen LogP contribution < -0.4 is 5.73 Å². The van der Waals surface area contributed by atoms with Gasteiger partial charge >= 0.3 is 0 Å².